The summed E-state index contributed by atoms with van der Waals surface area (Å²) in [6, 6.07) is 5.19. The Morgan fingerprint density at radius 2 is 2.05 bits per heavy atom. The molecule has 4 nitrogen and oxygen atoms in total. The molecule has 22 heavy (non-hydrogen) atoms. The fourth-order valence-electron chi connectivity index (χ4n) is 2.12. The number of allylic oxidation sites excluding steroid dienone is 1. The van der Waals surface area contributed by atoms with Crippen molar-refractivity contribution in [2.75, 3.05) is 11.4 Å². The van der Waals surface area contributed by atoms with Crippen LogP contribution in [0, 0.1) is 0 Å². The Hall–Kier alpha value is -1.04. The van der Waals surface area contributed by atoms with E-state index in [0.717, 1.165) is 18.5 Å². The van der Waals surface area contributed by atoms with Gasteiger partial charge < -0.3 is 15.5 Å². The molecule has 1 aliphatic rings. The molecule has 0 spiro atoms. The summed E-state index contributed by atoms with van der Waals surface area (Å²) in [5.41, 5.74) is 1.43. The van der Waals surface area contributed by atoms with Gasteiger partial charge in [-0.1, -0.05) is 54.4 Å². The van der Waals surface area contributed by atoms with Gasteiger partial charge in [0.05, 0.1) is 15.7 Å². The molecule has 1 aromatic carbocycles. The normalized spacial score (nSPS) is 17.4. The van der Waals surface area contributed by atoms with E-state index in [1.54, 1.807) is 18.2 Å². The first-order chi connectivity index (χ1) is 10.5. The average molecular weight is 360 g/mol. The Kier molecular flexibility index (Phi) is 6.29. The second kappa shape index (κ2) is 7.99. The summed E-state index contributed by atoms with van der Waals surface area (Å²) in [6.07, 6.45) is 2.00. The minimum Gasteiger partial charge on any atom is -0.338 e. The van der Waals surface area contributed by atoms with Crippen LogP contribution in [0.3, 0.4) is 0 Å². The molecule has 0 aliphatic carbocycles. The van der Waals surface area contributed by atoms with Crippen LogP contribution >= 0.6 is 35.0 Å². The molecule has 1 unspecified atom stereocenters. The maximum absolute atomic E-state index is 12.0. The van der Waals surface area contributed by atoms with Crippen LogP contribution in [0.1, 0.15) is 26.7 Å². The van der Waals surface area contributed by atoms with Crippen LogP contribution in [-0.4, -0.2) is 18.1 Å². The maximum atomic E-state index is 12.0. The van der Waals surface area contributed by atoms with Crippen molar-refractivity contribution in [3.63, 3.8) is 0 Å². The largest absolute Gasteiger partial charge is 0.338 e. The van der Waals surface area contributed by atoms with Crippen molar-refractivity contribution in [1.29, 1.82) is 0 Å². The number of hydrogen-bond donors (Lipinski definition) is 2. The molecule has 1 atom stereocenters. The molecule has 1 aromatic rings. The quantitative estimate of drug-likeness (QED) is 0.742. The molecular weight excluding hydrogens is 341 g/mol. The van der Waals surface area contributed by atoms with Crippen molar-refractivity contribution < 1.29 is 4.79 Å². The molecule has 120 valence electrons. The number of hydrogen-bond acceptors (Lipinski definition) is 3. The third-order valence-corrected chi connectivity index (χ3v) is 4.90. The van der Waals surface area contributed by atoms with Crippen molar-refractivity contribution in [1.82, 2.24) is 10.6 Å². The lowest BCUT2D eigenvalue weighted by Crippen LogP contribution is -2.47. The van der Waals surface area contributed by atoms with Crippen LogP contribution in [0.2, 0.25) is 10.0 Å². The number of unbranched alkanes of at least 4 members (excludes halogenated alkanes) is 1. The summed E-state index contributed by atoms with van der Waals surface area (Å²) in [4.78, 5) is 13.9. The van der Waals surface area contributed by atoms with Crippen molar-refractivity contribution in [2.45, 2.75) is 32.2 Å². The van der Waals surface area contributed by atoms with Crippen molar-refractivity contribution in [2.24, 2.45) is 0 Å². The molecule has 2 rings (SSSR count). The fraction of sp³-hybridized carbons (Fsp3) is 0.400. The highest BCUT2D eigenvalue weighted by molar-refractivity contribution is 8.03. The summed E-state index contributed by atoms with van der Waals surface area (Å²) in [6.45, 7) is 4.71. The molecule has 2 amide bonds. The zero-order valence-electron chi connectivity index (χ0n) is 12.5. The highest BCUT2D eigenvalue weighted by Gasteiger charge is 2.30. The highest BCUT2D eigenvalue weighted by atomic mass is 35.5. The van der Waals surface area contributed by atoms with E-state index in [0.29, 0.717) is 22.3 Å². The second-order valence-electron chi connectivity index (χ2n) is 4.94. The third-order valence-electron chi connectivity index (χ3n) is 3.23. The molecule has 7 heteroatoms. The van der Waals surface area contributed by atoms with Crippen LogP contribution in [0.25, 0.3) is 0 Å². The topological polar surface area (TPSA) is 44.4 Å². The van der Waals surface area contributed by atoms with Crippen LogP contribution in [0.4, 0.5) is 10.5 Å². The summed E-state index contributed by atoms with van der Waals surface area (Å²) in [5.74, 6) is 0. The molecule has 0 bridgehead atoms. The minimum absolute atomic E-state index is 0.192. The van der Waals surface area contributed by atoms with E-state index in [4.69, 9.17) is 23.2 Å². The molecule has 1 heterocycles. The van der Waals surface area contributed by atoms with Crippen molar-refractivity contribution in [3.05, 3.63) is 39.3 Å². The van der Waals surface area contributed by atoms with Gasteiger partial charge in [-0.15, -0.1) is 0 Å². The van der Waals surface area contributed by atoms with E-state index in [9.17, 15) is 4.79 Å². The number of para-hydroxylation sites is 1. The SMILES string of the molecule is CCCCNC(=O)NC1SC=C(C)N1c1c(Cl)cccc1Cl. The number of urea groups is 1. The van der Waals surface area contributed by atoms with E-state index in [-0.39, 0.29) is 11.5 Å². The standard InChI is InChI=1S/C15H19Cl2N3OS/c1-3-4-8-18-14(21)19-15-20(10(2)9-22-15)13-11(16)6-5-7-12(13)17/h5-7,9,15H,3-4,8H2,1-2H3,(H2,18,19,21). The Bertz CT molecular complexity index is 560. The maximum Gasteiger partial charge on any atom is 0.317 e. The fourth-order valence-corrected chi connectivity index (χ4v) is 3.71. The lowest BCUT2D eigenvalue weighted by atomic mass is 10.2. The van der Waals surface area contributed by atoms with Gasteiger partial charge in [-0.05, 0) is 30.9 Å². The van der Waals surface area contributed by atoms with Gasteiger partial charge in [0, 0.05) is 12.2 Å². The number of nitrogens with zero attached hydrogens (tertiary/aromatic N) is 1. The van der Waals surface area contributed by atoms with Crippen LogP contribution in [0.15, 0.2) is 29.3 Å². The minimum atomic E-state index is -0.265. The Morgan fingerprint density at radius 1 is 1.36 bits per heavy atom. The number of carbonyl (C=O) groups excluding carboxylic acids is 1. The number of benzene rings is 1. The van der Waals surface area contributed by atoms with Crippen LogP contribution in [0.5, 0.6) is 0 Å². The Balaban J connectivity index is 2.11. The Labute approximate surface area is 145 Å². The molecule has 0 fully saturated rings. The molecular formula is C15H19Cl2N3OS. The van der Waals surface area contributed by atoms with Gasteiger partial charge in [-0.25, -0.2) is 4.79 Å². The van der Waals surface area contributed by atoms with Gasteiger partial charge in [0.15, 0.2) is 5.50 Å². The van der Waals surface area contributed by atoms with Crippen molar-refractivity contribution in [3.8, 4) is 0 Å². The van der Waals surface area contributed by atoms with Gasteiger partial charge in [0.2, 0.25) is 0 Å². The lowest BCUT2D eigenvalue weighted by molar-refractivity contribution is 0.240. The van der Waals surface area contributed by atoms with Crippen molar-refractivity contribution >= 4 is 46.7 Å². The number of thioether (sulfide) groups is 1. The zero-order valence-corrected chi connectivity index (χ0v) is 14.9. The molecule has 0 radical (unpaired) electrons. The number of amides is 2. The average Bonchev–Trinajstić information content (AvgIpc) is 2.81. The first-order valence-electron chi connectivity index (χ1n) is 7.14. The van der Waals surface area contributed by atoms with E-state index in [1.807, 2.05) is 17.2 Å². The molecule has 1 aliphatic heterocycles. The summed E-state index contributed by atoms with van der Waals surface area (Å²) in [7, 11) is 0. The van der Waals surface area contributed by atoms with Gasteiger partial charge in [-0.2, -0.15) is 0 Å². The Morgan fingerprint density at radius 3 is 2.68 bits per heavy atom. The van der Waals surface area contributed by atoms with Gasteiger partial charge >= 0.3 is 6.03 Å². The smallest absolute Gasteiger partial charge is 0.317 e. The van der Waals surface area contributed by atoms with E-state index < -0.39 is 0 Å². The molecule has 0 saturated heterocycles. The molecule has 0 aromatic heterocycles. The number of anilines is 1. The predicted octanol–water partition coefficient (Wildman–Crippen LogP) is 4.79. The summed E-state index contributed by atoms with van der Waals surface area (Å²) in [5, 5.41) is 8.88. The predicted molar refractivity (Wildman–Crippen MR) is 95.5 cm³/mol. The van der Waals surface area contributed by atoms with Gasteiger partial charge in [0.25, 0.3) is 0 Å². The summed E-state index contributed by atoms with van der Waals surface area (Å²) >= 11 is 14.1. The highest BCUT2D eigenvalue weighted by Crippen LogP contribution is 2.41. The van der Waals surface area contributed by atoms with Crippen LogP contribution in [-0.2, 0) is 0 Å². The van der Waals surface area contributed by atoms with E-state index in [1.165, 1.54) is 11.8 Å². The van der Waals surface area contributed by atoms with Gasteiger partial charge in [-0.3, -0.25) is 0 Å². The number of nitrogens with one attached hydrogen (secondary N) is 2. The van der Waals surface area contributed by atoms with Crippen LogP contribution < -0.4 is 15.5 Å². The lowest BCUT2D eigenvalue weighted by Gasteiger charge is -2.29. The first kappa shape index (κ1) is 17.3. The number of carbonyl (C=O) groups is 1. The number of halogens is 2. The van der Waals surface area contributed by atoms with E-state index in [2.05, 4.69) is 17.6 Å². The number of rotatable bonds is 5. The third kappa shape index (κ3) is 4.03. The molecule has 0 saturated carbocycles. The summed E-state index contributed by atoms with van der Waals surface area (Å²) < 4.78 is 0. The zero-order chi connectivity index (χ0) is 16.1. The first-order valence-corrected chi connectivity index (χ1v) is 8.84. The van der Waals surface area contributed by atoms with E-state index >= 15 is 0 Å². The second-order valence-corrected chi connectivity index (χ2v) is 6.71. The molecule has 2 N–H and O–H groups in total. The van der Waals surface area contributed by atoms with Gasteiger partial charge in [0.1, 0.15) is 0 Å². The monoisotopic (exact) mass is 359 g/mol.